The van der Waals surface area contributed by atoms with Gasteiger partial charge in [-0.15, -0.1) is 0 Å². The van der Waals surface area contributed by atoms with Crippen LogP contribution in [0.3, 0.4) is 0 Å². The van der Waals surface area contributed by atoms with E-state index in [2.05, 4.69) is 42.5 Å². The Morgan fingerprint density at radius 1 is 0.364 bits per heavy atom. The maximum atomic E-state index is 15.4. The lowest BCUT2D eigenvalue weighted by atomic mass is 9.99. The molecular weight excluding hydrogens is 1990 g/mol. The van der Waals surface area contributed by atoms with Crippen LogP contribution in [0.15, 0.2) is 0 Å². The molecule has 69 heteroatoms. The predicted octanol–water partition coefficient (Wildman–Crippen LogP) is -10.3. The summed E-state index contributed by atoms with van der Waals surface area (Å²) in [5, 5.41) is 45.8. The third-order valence-electron chi connectivity index (χ3n) is 18.5. The van der Waals surface area contributed by atoms with Crippen LogP contribution in [-0.2, 0) is 154 Å². The van der Waals surface area contributed by atoms with E-state index in [-0.39, 0.29) is 38.4 Å². The molecule has 1 aliphatic rings. The number of aliphatic hydroxyl groups excluding tert-OH is 2. The van der Waals surface area contributed by atoms with Crippen molar-refractivity contribution in [2.45, 2.75) is 211 Å². The highest BCUT2D eigenvalue weighted by Gasteiger charge is 2.41. The molecule has 1 heterocycles. The van der Waals surface area contributed by atoms with Crippen LogP contribution < -0.4 is 58.5 Å². The SMILES string of the molecule is CC[C@H](C)CCCCC(=O)N[C@@H](CCN(CS(=O)(=O)O)CS(=O)(=O)O)C(=O)N[C@H](C(=O)N[C@@H](CCN(CS(=O)(=O)O)CS(=O)(=O)O)C(=O)N[C@H]1CCNC(=O)[C@H]([C@@H](C)O)NC(=O)[C@H](CCN(CS(=O)(=O)O)CS(=O)(=O)O)NC(=O)[C@H](CCN(CS(=O)(=O)O)CS(=O)(=O)O)NC(=O)[C@H](CC(C)C)NC(=O)[C@@H](CC(C)C)NC(=O)[C@H](CCN(CS(=O)(=O)O)CS(=O)(=O)O)NC1=O)[C@@H](C)O. The number of aliphatic hydroxyl groups is 2. The summed E-state index contributed by atoms with van der Waals surface area (Å²) in [5.41, 5.74) is 0. The normalized spacial score (nSPS) is 20.5. The number of hydrogen-bond acceptors (Lipinski definition) is 38. The fourth-order valence-electron chi connectivity index (χ4n) is 12.6. The number of unbranched alkanes of at least 4 members (excludes halogenated alkanes) is 1. The second-order valence-electron chi connectivity index (χ2n) is 32.1. The van der Waals surface area contributed by atoms with Gasteiger partial charge in [0.25, 0.3) is 101 Å². The van der Waals surface area contributed by atoms with Crippen molar-refractivity contribution in [3.63, 3.8) is 0 Å². The number of nitrogens with one attached hydrogen (secondary N) is 11. The first-order chi connectivity index (χ1) is 59.8. The van der Waals surface area contributed by atoms with Crippen molar-refractivity contribution in [2.24, 2.45) is 17.8 Å². The van der Waals surface area contributed by atoms with Crippen LogP contribution in [0.4, 0.5) is 0 Å². The lowest BCUT2D eigenvalue weighted by molar-refractivity contribution is -0.137. The Kier molecular flexibility index (Phi) is 50.5. The fourth-order valence-corrected chi connectivity index (χ4v) is 20.0. The van der Waals surface area contributed by atoms with E-state index in [1.54, 1.807) is 0 Å². The average molecular weight is 2110 g/mol. The van der Waals surface area contributed by atoms with Crippen LogP contribution >= 0.6 is 0 Å². The van der Waals surface area contributed by atoms with Crippen molar-refractivity contribution in [1.82, 2.24) is 83.0 Å². The van der Waals surface area contributed by atoms with E-state index < -0.39 is 400 Å². The van der Waals surface area contributed by atoms with Gasteiger partial charge in [-0.05, 0) is 89.4 Å². The molecule has 0 spiro atoms. The Morgan fingerprint density at radius 2 is 0.659 bits per heavy atom. The highest BCUT2D eigenvalue weighted by molar-refractivity contribution is 7.88. The van der Waals surface area contributed by atoms with Gasteiger partial charge in [0, 0.05) is 45.7 Å². The molecule has 0 radical (unpaired) electrons. The Labute approximate surface area is 764 Å². The van der Waals surface area contributed by atoms with E-state index >= 15 is 14.4 Å². The quantitative estimate of drug-likeness (QED) is 0.0199. The molecule has 0 bridgehead atoms. The lowest BCUT2D eigenvalue weighted by Crippen LogP contribution is -2.62. The number of rotatable bonds is 54. The van der Waals surface area contributed by atoms with Crippen LogP contribution in [-0.4, -0.2) is 400 Å². The number of carbonyl (C=O) groups excluding carboxylic acids is 11. The van der Waals surface area contributed by atoms with Gasteiger partial charge in [0.1, 0.15) is 119 Å². The fraction of sp³-hybridized carbons (Fsp3) is 0.825. The highest BCUT2D eigenvalue weighted by Crippen LogP contribution is 2.18. The standard InChI is InChI=1S/C63H120N16O43S10/c1-9-40(6)12-10-11-13-51(82)65-44(15-21-75(28-123(93,94)95)29-124(96,97)98)58(87)74-53(42(8)81)63(92)70-47(18-24-78(34-129(111,112)113)35-130(114,115)116)56(85)66-43-14-20-64-62(91)52(41(7)80)73-59(88)48(19-25-79(36-131(117,118)119)37-132(120,121)122)68-55(84)45(16-22-76(30-125(99,100)101)31-126(102,103)104)69-60(89)49(26-38(2)3)72-61(90)50(27-39(4)5)71-57(86)46(67-54(43)83)17-23-77(32-127(105,106)107)33-128(108,109)110/h38-50,52-53,80-81H,9-37H2,1-8H3,(H,64,91)(H,65,82)(H,66,85)(H,67,83)(H,68,84)(H,69,89)(H,70,92)(H,71,86)(H,72,90)(H,73,88)(H,74,87)(H,93,94,95)(H,96,97,98)(H,99,100,101)(H,102,103,104)(H,105,106,107)(H,108,109,110)(H,111,112,113)(H,114,115,116)(H,117,118,119)(H,120,121,122)/t40-,41+,42+,43-,44-,45-,46-,47-,48-,49-,50+,52-,53-/m0/s1. The van der Waals surface area contributed by atoms with E-state index in [0.717, 1.165) is 20.3 Å². The third-order valence-corrected chi connectivity index (χ3v) is 25.4. The zero-order valence-corrected chi connectivity index (χ0v) is 80.7. The van der Waals surface area contributed by atoms with E-state index in [0.29, 0.717) is 17.7 Å². The van der Waals surface area contributed by atoms with Gasteiger partial charge in [0.2, 0.25) is 65.0 Å². The number of nitrogens with zero attached hydrogens (tertiary/aromatic N) is 5. The minimum Gasteiger partial charge on any atom is -0.391 e. The van der Waals surface area contributed by atoms with E-state index in [1.807, 2.05) is 29.8 Å². The summed E-state index contributed by atoms with van der Waals surface area (Å²) in [7, 11) is -53.1. The summed E-state index contributed by atoms with van der Waals surface area (Å²) in [5.74, 6) is -35.3. The summed E-state index contributed by atoms with van der Waals surface area (Å²) in [6.45, 7) is 4.27. The van der Waals surface area contributed by atoms with Gasteiger partial charge in [-0.1, -0.05) is 60.8 Å². The molecule has 0 saturated carbocycles. The van der Waals surface area contributed by atoms with Crippen LogP contribution in [0.5, 0.6) is 0 Å². The van der Waals surface area contributed by atoms with E-state index in [9.17, 15) is 178 Å². The van der Waals surface area contributed by atoms with Gasteiger partial charge in [-0.2, -0.15) is 84.2 Å². The molecule has 13 atom stereocenters. The number of amides is 11. The zero-order chi connectivity index (χ0) is 102. The molecule has 1 fully saturated rings. The van der Waals surface area contributed by atoms with Crippen molar-refractivity contribution in [2.75, 3.05) is 98.0 Å². The van der Waals surface area contributed by atoms with Crippen LogP contribution in [0, 0.1) is 17.8 Å². The van der Waals surface area contributed by atoms with Crippen LogP contribution in [0.25, 0.3) is 0 Å². The summed E-state index contributed by atoms with van der Waals surface area (Å²) in [4.78, 5) is 164. The maximum absolute atomic E-state index is 15.4. The Bertz CT molecular complexity index is 4990. The molecule has 1 saturated heterocycles. The molecule has 132 heavy (non-hydrogen) atoms. The van der Waals surface area contributed by atoms with E-state index in [4.69, 9.17) is 0 Å². The predicted molar refractivity (Wildman–Crippen MR) is 458 cm³/mol. The lowest BCUT2D eigenvalue weighted by Gasteiger charge is -2.30. The summed E-state index contributed by atoms with van der Waals surface area (Å²) >= 11 is 0. The van der Waals surface area contributed by atoms with Crippen molar-refractivity contribution in [3.05, 3.63) is 0 Å². The largest absolute Gasteiger partial charge is 0.391 e. The molecule has 0 aliphatic carbocycles. The van der Waals surface area contributed by atoms with Crippen LogP contribution in [0.2, 0.25) is 0 Å². The second-order valence-corrected chi connectivity index (χ2v) is 46.3. The summed E-state index contributed by atoms with van der Waals surface area (Å²) < 4.78 is 342. The summed E-state index contributed by atoms with van der Waals surface area (Å²) in [6.07, 6.45) is -10.7. The molecule has 1 rings (SSSR count). The molecule has 59 nitrogen and oxygen atoms in total. The molecule has 0 aromatic heterocycles. The molecule has 0 unspecified atom stereocenters. The van der Waals surface area contributed by atoms with Gasteiger partial charge in [-0.25, -0.2) is 0 Å². The number of carbonyl (C=O) groups is 11. The first-order valence-corrected chi connectivity index (χ1v) is 55.7. The first-order valence-electron chi connectivity index (χ1n) is 39.6. The zero-order valence-electron chi connectivity index (χ0n) is 72.5. The summed E-state index contributed by atoms with van der Waals surface area (Å²) in [6, 6.07) is -23.2. The Morgan fingerprint density at radius 3 is 0.962 bits per heavy atom. The molecule has 1 aliphatic heterocycles. The van der Waals surface area contributed by atoms with Gasteiger partial charge >= 0.3 is 0 Å². The van der Waals surface area contributed by atoms with Crippen molar-refractivity contribution >= 4 is 166 Å². The van der Waals surface area contributed by atoms with Crippen molar-refractivity contribution < 1.29 is 193 Å². The first kappa shape index (κ1) is 123. The Hall–Kier alpha value is -7.01. The van der Waals surface area contributed by atoms with Gasteiger partial charge in [0.15, 0.2) is 0 Å². The Balaban J connectivity index is 4.95. The molecule has 23 N–H and O–H groups in total. The highest BCUT2D eigenvalue weighted by atomic mass is 32.3. The molecule has 0 aromatic carbocycles. The molecule has 770 valence electrons. The topological polar surface area (TPSA) is 920 Å². The van der Waals surface area contributed by atoms with Gasteiger partial charge < -0.3 is 68.7 Å². The minimum atomic E-state index is -5.40. The molecular formula is C63H120N16O43S10. The van der Waals surface area contributed by atoms with Crippen molar-refractivity contribution in [1.29, 1.82) is 0 Å². The smallest absolute Gasteiger partial charge is 0.278 e. The molecule has 11 amide bonds. The second kappa shape index (κ2) is 54.2. The monoisotopic (exact) mass is 2110 g/mol. The number of hydrogen-bond donors (Lipinski definition) is 23. The van der Waals surface area contributed by atoms with Crippen LogP contribution in [0.1, 0.15) is 139 Å². The van der Waals surface area contributed by atoms with E-state index in [1.165, 1.54) is 27.7 Å². The maximum Gasteiger partial charge on any atom is 0.278 e. The average Bonchev–Trinajstić information content (AvgIpc) is 1.08. The third kappa shape index (κ3) is 57.1. The molecule has 0 aromatic rings. The minimum absolute atomic E-state index is 0.161. The van der Waals surface area contributed by atoms with Gasteiger partial charge in [-0.3, -0.25) is 123 Å². The van der Waals surface area contributed by atoms with Crippen molar-refractivity contribution in [3.8, 4) is 0 Å². The van der Waals surface area contributed by atoms with Gasteiger partial charge in [0.05, 0.1) is 12.2 Å².